The second-order valence-electron chi connectivity index (χ2n) is 7.77. The molecule has 168 valence electrons. The summed E-state index contributed by atoms with van der Waals surface area (Å²) in [6.45, 7) is 2.86. The van der Waals surface area contributed by atoms with Crippen molar-refractivity contribution in [2.24, 2.45) is 5.73 Å². The molecule has 2 amide bonds. The van der Waals surface area contributed by atoms with Gasteiger partial charge in [0.05, 0.1) is 30.7 Å². The number of anilines is 1. The number of carbonyl (C=O) groups is 1. The number of aromatic nitrogens is 2. The standard InChI is InChI=1S/C22H26N6O4/c1-30-21(31-2)17-6-5-15-4-3-9-28(22(24)29,20(15)26-17)19-12-18(16(13-23)14-25-19)27-7-10-32-11-8-27/h5-6,12,14,21H,3-4,7-11H2,1-2H3,(H-,24,29)/p+1. The molecule has 1 unspecified atom stereocenters. The number of carbonyl (C=O) groups excluding carboxylic acids is 1. The van der Waals surface area contributed by atoms with Crippen LogP contribution in [0.1, 0.15) is 29.5 Å². The van der Waals surface area contributed by atoms with Crippen LogP contribution in [0.2, 0.25) is 0 Å². The van der Waals surface area contributed by atoms with Crippen molar-refractivity contribution in [1.82, 2.24) is 14.5 Å². The lowest BCUT2D eigenvalue weighted by molar-refractivity contribution is -0.108. The van der Waals surface area contributed by atoms with Crippen LogP contribution in [0.25, 0.3) is 0 Å². The van der Waals surface area contributed by atoms with E-state index in [-0.39, 0.29) is 4.48 Å². The SMILES string of the molecule is COC(OC)c1ccc2c(n1)[N+](C(N)=O)(c1cc(N3CCOCC3)c(C#N)cn1)CCC2. The lowest BCUT2D eigenvalue weighted by Crippen LogP contribution is -2.56. The number of hydrogen-bond acceptors (Lipinski definition) is 8. The van der Waals surface area contributed by atoms with Crippen molar-refractivity contribution >= 4 is 23.4 Å². The van der Waals surface area contributed by atoms with Crippen LogP contribution < -0.4 is 15.1 Å². The highest BCUT2D eigenvalue weighted by molar-refractivity contribution is 5.92. The molecule has 2 aromatic rings. The van der Waals surface area contributed by atoms with Gasteiger partial charge < -0.3 is 24.8 Å². The first-order valence-corrected chi connectivity index (χ1v) is 10.5. The third kappa shape index (κ3) is 3.69. The van der Waals surface area contributed by atoms with E-state index in [0.29, 0.717) is 55.7 Å². The molecular weight excluding hydrogens is 412 g/mol. The normalized spacial score (nSPS) is 20.6. The molecule has 0 aromatic carbocycles. The molecule has 1 fully saturated rings. The van der Waals surface area contributed by atoms with Gasteiger partial charge in [-0.15, -0.1) is 4.48 Å². The van der Waals surface area contributed by atoms with Crippen molar-refractivity contribution in [2.45, 2.75) is 19.1 Å². The topological polar surface area (TPSA) is 124 Å². The number of hydrogen-bond donors (Lipinski definition) is 1. The van der Waals surface area contributed by atoms with Crippen LogP contribution in [0.5, 0.6) is 0 Å². The predicted octanol–water partition coefficient (Wildman–Crippen LogP) is 2.14. The van der Waals surface area contributed by atoms with Gasteiger partial charge in [-0.3, -0.25) is 0 Å². The lowest BCUT2D eigenvalue weighted by Gasteiger charge is -2.36. The first kappa shape index (κ1) is 22.1. The molecule has 10 nitrogen and oxygen atoms in total. The Kier molecular flexibility index (Phi) is 6.34. The maximum Gasteiger partial charge on any atom is 0.426 e. The van der Waals surface area contributed by atoms with E-state index in [9.17, 15) is 10.1 Å². The highest BCUT2D eigenvalue weighted by Gasteiger charge is 2.47. The van der Waals surface area contributed by atoms with Crippen LogP contribution in [0.4, 0.5) is 22.1 Å². The Bertz CT molecular complexity index is 1050. The fourth-order valence-corrected chi connectivity index (χ4v) is 4.44. The Morgan fingerprint density at radius 1 is 1.31 bits per heavy atom. The second kappa shape index (κ2) is 9.18. The van der Waals surface area contributed by atoms with E-state index in [1.165, 1.54) is 20.4 Å². The molecule has 0 radical (unpaired) electrons. The Hall–Kier alpha value is -3.10. The number of amides is 2. The van der Waals surface area contributed by atoms with Crippen LogP contribution in [0, 0.1) is 11.3 Å². The fourth-order valence-electron chi connectivity index (χ4n) is 4.44. The van der Waals surface area contributed by atoms with Gasteiger partial charge in [0, 0.05) is 45.4 Å². The molecule has 2 aliphatic rings. The van der Waals surface area contributed by atoms with Crippen LogP contribution in [-0.2, 0) is 20.6 Å². The highest BCUT2D eigenvalue weighted by Crippen LogP contribution is 2.41. The second-order valence-corrected chi connectivity index (χ2v) is 7.77. The van der Waals surface area contributed by atoms with Gasteiger partial charge in [0.2, 0.25) is 17.9 Å². The van der Waals surface area contributed by atoms with Gasteiger partial charge >= 0.3 is 6.03 Å². The number of methoxy groups -OCH3 is 2. The molecular formula is C22H27N6O4+. The van der Waals surface area contributed by atoms with Crippen LogP contribution in [-0.4, -0.2) is 63.1 Å². The largest absolute Gasteiger partial charge is 0.426 e. The maximum atomic E-state index is 13.1. The van der Waals surface area contributed by atoms with E-state index in [0.717, 1.165) is 24.1 Å². The van der Waals surface area contributed by atoms with Crippen LogP contribution >= 0.6 is 0 Å². The number of urea groups is 1. The molecule has 2 aliphatic heterocycles. The molecule has 0 spiro atoms. The van der Waals surface area contributed by atoms with Gasteiger partial charge in [0.25, 0.3) is 0 Å². The molecule has 0 aliphatic carbocycles. The number of nitrogens with two attached hydrogens (primary N) is 1. The summed E-state index contributed by atoms with van der Waals surface area (Å²) in [5.41, 5.74) is 8.65. The summed E-state index contributed by atoms with van der Waals surface area (Å²) in [4.78, 5) is 24.4. The minimum Gasteiger partial charge on any atom is -0.378 e. The van der Waals surface area contributed by atoms with E-state index in [1.54, 1.807) is 6.07 Å². The Morgan fingerprint density at radius 3 is 2.72 bits per heavy atom. The average Bonchev–Trinajstić information content (AvgIpc) is 2.84. The number of ether oxygens (including phenoxy) is 3. The minimum absolute atomic E-state index is 0.327. The number of morpholine rings is 1. The number of aryl methyl sites for hydroxylation is 1. The number of pyridine rings is 2. The zero-order chi connectivity index (χ0) is 22.7. The Balaban J connectivity index is 1.89. The summed E-state index contributed by atoms with van der Waals surface area (Å²) in [5, 5.41) is 9.65. The van der Waals surface area contributed by atoms with E-state index in [2.05, 4.69) is 16.0 Å². The molecule has 1 saturated heterocycles. The third-order valence-electron chi connectivity index (χ3n) is 6.06. The quantitative estimate of drug-likeness (QED) is 0.555. The molecule has 0 bridgehead atoms. The van der Waals surface area contributed by atoms with Gasteiger partial charge in [0.1, 0.15) is 18.3 Å². The van der Waals surface area contributed by atoms with Crippen molar-refractivity contribution in [3.63, 3.8) is 0 Å². The molecule has 2 aromatic heterocycles. The summed E-state index contributed by atoms with van der Waals surface area (Å²) >= 11 is 0. The van der Waals surface area contributed by atoms with E-state index < -0.39 is 12.3 Å². The fraction of sp³-hybridized carbons (Fsp3) is 0.455. The number of nitrogens with zero attached hydrogens (tertiary/aromatic N) is 5. The first-order chi connectivity index (χ1) is 15.5. The predicted molar refractivity (Wildman–Crippen MR) is 117 cm³/mol. The molecule has 4 heterocycles. The highest BCUT2D eigenvalue weighted by atomic mass is 16.7. The summed E-state index contributed by atoms with van der Waals surface area (Å²) in [6, 6.07) is 7.19. The number of rotatable bonds is 5. The van der Waals surface area contributed by atoms with E-state index in [4.69, 9.17) is 24.9 Å². The molecule has 0 saturated carbocycles. The number of primary amides is 1. The Morgan fingerprint density at radius 2 is 2.06 bits per heavy atom. The zero-order valence-electron chi connectivity index (χ0n) is 18.3. The van der Waals surface area contributed by atoms with Crippen molar-refractivity contribution < 1.29 is 19.0 Å². The number of fused-ring (bicyclic) bond motifs is 1. The van der Waals surface area contributed by atoms with Crippen molar-refractivity contribution in [3.8, 4) is 6.07 Å². The van der Waals surface area contributed by atoms with Gasteiger partial charge in [-0.2, -0.15) is 10.2 Å². The lowest BCUT2D eigenvalue weighted by atomic mass is 10.0. The molecule has 10 heteroatoms. The van der Waals surface area contributed by atoms with E-state index >= 15 is 0 Å². The smallest absolute Gasteiger partial charge is 0.378 e. The van der Waals surface area contributed by atoms with Crippen molar-refractivity contribution in [2.75, 3.05) is 52.0 Å². The summed E-state index contributed by atoms with van der Waals surface area (Å²) < 4.78 is 15.8. The third-order valence-corrected chi connectivity index (χ3v) is 6.06. The summed E-state index contributed by atoms with van der Waals surface area (Å²) in [6.07, 6.45) is 2.35. The molecule has 4 rings (SSSR count). The zero-order valence-corrected chi connectivity index (χ0v) is 18.3. The van der Waals surface area contributed by atoms with Crippen molar-refractivity contribution in [1.29, 1.82) is 5.26 Å². The van der Waals surface area contributed by atoms with E-state index in [1.807, 2.05) is 12.1 Å². The molecule has 2 N–H and O–H groups in total. The summed E-state index contributed by atoms with van der Waals surface area (Å²) in [7, 11) is 3.06. The molecule has 1 atom stereocenters. The van der Waals surface area contributed by atoms with Gasteiger partial charge in [-0.05, 0) is 18.6 Å². The minimum atomic E-state index is -0.671. The van der Waals surface area contributed by atoms with Gasteiger partial charge in [0.15, 0.2) is 0 Å². The van der Waals surface area contributed by atoms with Crippen LogP contribution in [0.15, 0.2) is 24.4 Å². The monoisotopic (exact) mass is 439 g/mol. The average molecular weight is 439 g/mol. The maximum absolute atomic E-state index is 13.1. The number of nitriles is 1. The number of quaternary nitrogens is 1. The molecule has 32 heavy (non-hydrogen) atoms. The first-order valence-electron chi connectivity index (χ1n) is 10.5. The Labute approximate surface area is 186 Å². The summed E-state index contributed by atoms with van der Waals surface area (Å²) in [5.74, 6) is 0.959. The van der Waals surface area contributed by atoms with Gasteiger partial charge in [-0.25, -0.2) is 9.78 Å². The van der Waals surface area contributed by atoms with Gasteiger partial charge in [-0.1, -0.05) is 0 Å². The van der Waals surface area contributed by atoms with Crippen LogP contribution in [0.3, 0.4) is 0 Å². The van der Waals surface area contributed by atoms with Crippen molar-refractivity contribution in [3.05, 3.63) is 41.2 Å².